The Bertz CT molecular complexity index is 553. The van der Waals surface area contributed by atoms with E-state index in [-0.39, 0.29) is 17.6 Å². The zero-order chi connectivity index (χ0) is 11.7. The van der Waals surface area contributed by atoms with E-state index in [1.54, 1.807) is 0 Å². The molecule has 7 nitrogen and oxygen atoms in total. The van der Waals surface area contributed by atoms with Gasteiger partial charge in [-0.05, 0) is 0 Å². The zero-order valence-corrected chi connectivity index (χ0v) is 9.10. The number of hydrogen-bond donors (Lipinski definition) is 1. The quantitative estimate of drug-likeness (QED) is 0.597. The topological polar surface area (TPSA) is 95.9 Å². The Labute approximate surface area is 95.2 Å². The monoisotopic (exact) mass is 241 g/mol. The Balaban J connectivity index is 2.51. The minimum Gasteiger partial charge on any atom is -0.468 e. The fourth-order valence-electron chi connectivity index (χ4n) is 1.24. The van der Waals surface area contributed by atoms with Crippen LogP contribution in [0, 0.1) is 0 Å². The van der Waals surface area contributed by atoms with Crippen molar-refractivity contribution in [2.75, 3.05) is 12.8 Å². The van der Waals surface area contributed by atoms with Crippen molar-refractivity contribution in [2.45, 2.75) is 6.54 Å². The van der Waals surface area contributed by atoms with Gasteiger partial charge in [0.15, 0.2) is 10.8 Å². The van der Waals surface area contributed by atoms with Crippen molar-refractivity contribution in [3.8, 4) is 0 Å². The van der Waals surface area contributed by atoms with Crippen molar-refractivity contribution >= 4 is 34.7 Å². The van der Waals surface area contributed by atoms with Gasteiger partial charge >= 0.3 is 5.97 Å². The molecule has 0 radical (unpaired) electrons. The van der Waals surface area contributed by atoms with Crippen molar-refractivity contribution in [1.82, 2.24) is 19.5 Å². The van der Waals surface area contributed by atoms with Gasteiger partial charge in [-0.25, -0.2) is 4.98 Å². The van der Waals surface area contributed by atoms with Gasteiger partial charge in [-0.3, -0.25) is 4.79 Å². The van der Waals surface area contributed by atoms with Crippen molar-refractivity contribution in [1.29, 1.82) is 0 Å². The van der Waals surface area contributed by atoms with Gasteiger partial charge in [0, 0.05) is 0 Å². The maximum Gasteiger partial charge on any atom is 0.325 e. The Morgan fingerprint density at radius 1 is 1.62 bits per heavy atom. The van der Waals surface area contributed by atoms with Crippen LogP contribution in [0.4, 0.5) is 5.95 Å². The molecular formula is C8H8ClN5O2. The number of carbonyl (C=O) groups is 1. The Morgan fingerprint density at radius 2 is 2.38 bits per heavy atom. The summed E-state index contributed by atoms with van der Waals surface area (Å²) in [5.41, 5.74) is 6.26. The largest absolute Gasteiger partial charge is 0.468 e. The smallest absolute Gasteiger partial charge is 0.325 e. The highest BCUT2D eigenvalue weighted by atomic mass is 35.5. The zero-order valence-electron chi connectivity index (χ0n) is 8.35. The third kappa shape index (κ3) is 1.76. The first kappa shape index (κ1) is 10.6. The molecule has 0 aliphatic carbocycles. The van der Waals surface area contributed by atoms with E-state index in [4.69, 9.17) is 17.3 Å². The molecule has 2 aromatic rings. The van der Waals surface area contributed by atoms with Crippen molar-refractivity contribution in [2.24, 2.45) is 0 Å². The Morgan fingerprint density at radius 3 is 3.06 bits per heavy atom. The van der Waals surface area contributed by atoms with Gasteiger partial charge in [0.2, 0.25) is 5.95 Å². The third-order valence-corrected chi connectivity index (χ3v) is 2.23. The standard InChI is InChI=1S/C8H8ClN5O2/c1-16-4(15)2-14-3-11-5-6(9)12-8(10)13-7(5)14/h3H,2H2,1H3,(H2,10,12,13). The predicted molar refractivity (Wildman–Crippen MR) is 56.8 cm³/mol. The number of imidazole rings is 1. The number of carbonyl (C=O) groups excluding carboxylic acids is 1. The van der Waals surface area contributed by atoms with Crippen LogP contribution in [0.2, 0.25) is 5.15 Å². The molecule has 0 amide bonds. The van der Waals surface area contributed by atoms with Crippen LogP contribution in [0.5, 0.6) is 0 Å². The van der Waals surface area contributed by atoms with Crippen molar-refractivity contribution < 1.29 is 9.53 Å². The second-order valence-electron chi connectivity index (χ2n) is 2.99. The number of esters is 1. The lowest BCUT2D eigenvalue weighted by Gasteiger charge is -2.02. The maximum absolute atomic E-state index is 11.1. The molecule has 0 aliphatic rings. The van der Waals surface area contributed by atoms with E-state index >= 15 is 0 Å². The molecule has 2 aromatic heterocycles. The number of anilines is 1. The first-order valence-corrected chi connectivity index (χ1v) is 4.70. The minimum absolute atomic E-state index is 0.000216. The highest BCUT2D eigenvalue weighted by Gasteiger charge is 2.12. The molecule has 16 heavy (non-hydrogen) atoms. The predicted octanol–water partition coefficient (Wildman–Crippen LogP) is 0.235. The summed E-state index contributed by atoms with van der Waals surface area (Å²) >= 11 is 5.82. The average Bonchev–Trinajstić information content (AvgIpc) is 2.61. The molecule has 8 heteroatoms. The molecule has 0 aromatic carbocycles. The molecule has 2 heterocycles. The van der Waals surface area contributed by atoms with Gasteiger partial charge in [-0.15, -0.1) is 0 Å². The van der Waals surface area contributed by atoms with Crippen LogP contribution >= 0.6 is 11.6 Å². The van der Waals surface area contributed by atoms with Gasteiger partial charge in [0.1, 0.15) is 12.1 Å². The summed E-state index contributed by atoms with van der Waals surface area (Å²) in [5.74, 6) is -0.378. The van der Waals surface area contributed by atoms with Crippen molar-refractivity contribution in [3.63, 3.8) is 0 Å². The molecule has 0 atom stereocenters. The molecule has 0 unspecified atom stereocenters. The number of aromatic nitrogens is 4. The van der Waals surface area contributed by atoms with Crippen LogP contribution in [0.1, 0.15) is 0 Å². The van der Waals surface area contributed by atoms with E-state index in [9.17, 15) is 4.79 Å². The molecule has 2 rings (SSSR count). The molecular weight excluding hydrogens is 234 g/mol. The summed E-state index contributed by atoms with van der Waals surface area (Å²) in [7, 11) is 1.30. The van der Waals surface area contributed by atoms with E-state index < -0.39 is 5.97 Å². The first-order valence-electron chi connectivity index (χ1n) is 4.32. The van der Waals surface area contributed by atoms with Gasteiger partial charge in [-0.1, -0.05) is 11.6 Å². The summed E-state index contributed by atoms with van der Waals surface area (Å²) in [6.45, 7) is -0.000216. The number of hydrogen-bond acceptors (Lipinski definition) is 6. The van der Waals surface area contributed by atoms with Gasteiger partial charge in [-0.2, -0.15) is 9.97 Å². The highest BCUT2D eigenvalue weighted by molar-refractivity contribution is 6.33. The second-order valence-corrected chi connectivity index (χ2v) is 3.35. The number of fused-ring (bicyclic) bond motifs is 1. The summed E-state index contributed by atoms with van der Waals surface area (Å²) in [6, 6.07) is 0. The molecule has 0 aliphatic heterocycles. The first-order chi connectivity index (χ1) is 7.61. The fraction of sp³-hybridized carbons (Fsp3) is 0.250. The lowest BCUT2D eigenvalue weighted by molar-refractivity contribution is -0.141. The lowest BCUT2D eigenvalue weighted by atomic mass is 10.5. The highest BCUT2D eigenvalue weighted by Crippen LogP contribution is 2.19. The molecule has 0 saturated heterocycles. The van der Waals surface area contributed by atoms with E-state index in [1.165, 1.54) is 18.0 Å². The lowest BCUT2D eigenvalue weighted by Crippen LogP contribution is -2.11. The summed E-state index contributed by atoms with van der Waals surface area (Å²) in [5, 5.41) is 0.158. The van der Waals surface area contributed by atoms with Crippen LogP contribution in [-0.2, 0) is 16.1 Å². The molecule has 0 saturated carbocycles. The second kappa shape index (κ2) is 3.93. The number of rotatable bonds is 2. The SMILES string of the molecule is COC(=O)Cn1cnc2c(Cl)nc(N)nc21. The van der Waals surface area contributed by atoms with Crippen LogP contribution in [0.25, 0.3) is 11.2 Å². The molecule has 0 spiro atoms. The van der Waals surface area contributed by atoms with Gasteiger partial charge in [0.05, 0.1) is 13.4 Å². The average molecular weight is 242 g/mol. The normalized spacial score (nSPS) is 10.6. The number of nitrogen functional groups attached to an aromatic ring is 1. The number of methoxy groups -OCH3 is 1. The van der Waals surface area contributed by atoms with E-state index in [0.29, 0.717) is 11.2 Å². The van der Waals surface area contributed by atoms with Crippen LogP contribution in [0.15, 0.2) is 6.33 Å². The van der Waals surface area contributed by atoms with Gasteiger partial charge < -0.3 is 15.0 Å². The number of nitrogens with zero attached hydrogens (tertiary/aromatic N) is 4. The van der Waals surface area contributed by atoms with E-state index in [0.717, 1.165) is 0 Å². The molecule has 0 bridgehead atoms. The van der Waals surface area contributed by atoms with Gasteiger partial charge in [0.25, 0.3) is 0 Å². The molecule has 2 N–H and O–H groups in total. The summed E-state index contributed by atoms with van der Waals surface area (Å²) < 4.78 is 6.03. The minimum atomic E-state index is -0.410. The number of halogens is 1. The van der Waals surface area contributed by atoms with E-state index in [1.807, 2.05) is 0 Å². The third-order valence-electron chi connectivity index (χ3n) is 1.97. The summed E-state index contributed by atoms with van der Waals surface area (Å²) in [6.07, 6.45) is 1.43. The fourth-order valence-corrected chi connectivity index (χ4v) is 1.46. The number of nitrogens with two attached hydrogens (primary N) is 1. The Hall–Kier alpha value is -1.89. The number of ether oxygens (including phenoxy) is 1. The van der Waals surface area contributed by atoms with Crippen LogP contribution in [0.3, 0.4) is 0 Å². The Kier molecular flexibility index (Phi) is 2.61. The molecule has 84 valence electrons. The maximum atomic E-state index is 11.1. The van der Waals surface area contributed by atoms with Crippen molar-refractivity contribution in [3.05, 3.63) is 11.5 Å². The summed E-state index contributed by atoms with van der Waals surface area (Å²) in [4.78, 5) is 22.8. The van der Waals surface area contributed by atoms with E-state index in [2.05, 4.69) is 19.7 Å². The van der Waals surface area contributed by atoms with Crippen LogP contribution in [-0.4, -0.2) is 32.6 Å². The van der Waals surface area contributed by atoms with Crippen LogP contribution < -0.4 is 5.73 Å². The molecule has 0 fully saturated rings.